The van der Waals surface area contributed by atoms with Crippen LogP contribution < -0.4 is 15.4 Å². The fourth-order valence-corrected chi connectivity index (χ4v) is 2.28. The van der Waals surface area contributed by atoms with E-state index in [0.717, 1.165) is 24.3 Å². The molecule has 1 aliphatic rings. The van der Waals surface area contributed by atoms with Crippen molar-refractivity contribution in [2.75, 3.05) is 13.7 Å². The minimum atomic E-state index is 0.159. The second-order valence-electron chi connectivity index (χ2n) is 4.67. The van der Waals surface area contributed by atoms with Crippen molar-refractivity contribution in [3.63, 3.8) is 0 Å². The number of hydrogen-bond donors (Lipinski definition) is 2. The highest BCUT2D eigenvalue weighted by atomic mass is 16.5. The molecule has 4 heteroatoms. The summed E-state index contributed by atoms with van der Waals surface area (Å²) in [5, 5.41) is 6.40. The van der Waals surface area contributed by atoms with Gasteiger partial charge in [-0.15, -0.1) is 0 Å². The zero-order valence-electron chi connectivity index (χ0n) is 10.9. The standard InChI is InChI=1S/C14H20N2O2/c1-10(12-5-3-4-6-13(12)18-2)15-9-11-7-8-14(17)16-11/h3-6,10-11,15H,7-9H2,1-2H3,(H,16,17)/t10-,11?/m1/s1. The van der Waals surface area contributed by atoms with Crippen LogP contribution in [0.5, 0.6) is 5.75 Å². The number of rotatable bonds is 5. The van der Waals surface area contributed by atoms with E-state index in [2.05, 4.69) is 23.6 Å². The van der Waals surface area contributed by atoms with Crippen LogP contribution in [-0.2, 0) is 4.79 Å². The Morgan fingerprint density at radius 3 is 2.94 bits per heavy atom. The topological polar surface area (TPSA) is 50.4 Å². The lowest BCUT2D eigenvalue weighted by molar-refractivity contribution is -0.119. The van der Waals surface area contributed by atoms with Gasteiger partial charge >= 0.3 is 0 Å². The molecule has 98 valence electrons. The van der Waals surface area contributed by atoms with Gasteiger partial charge in [0.1, 0.15) is 5.75 Å². The van der Waals surface area contributed by atoms with Gasteiger partial charge in [-0.2, -0.15) is 0 Å². The molecule has 0 bridgehead atoms. The van der Waals surface area contributed by atoms with Gasteiger partial charge in [-0.3, -0.25) is 4.79 Å². The molecule has 0 spiro atoms. The van der Waals surface area contributed by atoms with Crippen LogP contribution in [0.1, 0.15) is 31.4 Å². The van der Waals surface area contributed by atoms with Crippen LogP contribution in [0.3, 0.4) is 0 Å². The normalized spacial score (nSPS) is 20.6. The zero-order chi connectivity index (χ0) is 13.0. The summed E-state index contributed by atoms with van der Waals surface area (Å²) < 4.78 is 5.35. The molecule has 0 radical (unpaired) electrons. The van der Waals surface area contributed by atoms with Crippen molar-refractivity contribution in [1.29, 1.82) is 0 Å². The van der Waals surface area contributed by atoms with Gasteiger partial charge in [-0.25, -0.2) is 0 Å². The predicted molar refractivity (Wildman–Crippen MR) is 70.6 cm³/mol. The van der Waals surface area contributed by atoms with Gasteiger partial charge in [0.25, 0.3) is 0 Å². The zero-order valence-corrected chi connectivity index (χ0v) is 10.9. The summed E-state index contributed by atoms with van der Waals surface area (Å²) in [4.78, 5) is 11.1. The Bertz CT molecular complexity index is 420. The quantitative estimate of drug-likeness (QED) is 0.832. The predicted octanol–water partition coefficient (Wildman–Crippen LogP) is 1.62. The third kappa shape index (κ3) is 3.01. The molecule has 0 aliphatic carbocycles. The molecule has 0 saturated carbocycles. The molecule has 1 fully saturated rings. The Hall–Kier alpha value is -1.55. The average Bonchev–Trinajstić information content (AvgIpc) is 2.81. The van der Waals surface area contributed by atoms with Crippen LogP contribution in [0, 0.1) is 0 Å². The third-order valence-corrected chi connectivity index (χ3v) is 3.36. The number of carbonyl (C=O) groups is 1. The highest BCUT2D eigenvalue weighted by Gasteiger charge is 2.21. The molecule has 1 aromatic carbocycles. The van der Waals surface area contributed by atoms with Gasteiger partial charge in [0.05, 0.1) is 7.11 Å². The van der Waals surface area contributed by atoms with Crippen molar-refractivity contribution in [2.24, 2.45) is 0 Å². The highest BCUT2D eigenvalue weighted by Crippen LogP contribution is 2.24. The van der Waals surface area contributed by atoms with Crippen molar-refractivity contribution >= 4 is 5.91 Å². The van der Waals surface area contributed by atoms with Gasteiger partial charge in [-0.1, -0.05) is 18.2 Å². The fourth-order valence-electron chi connectivity index (χ4n) is 2.28. The Morgan fingerprint density at radius 2 is 2.28 bits per heavy atom. The Labute approximate surface area is 108 Å². The highest BCUT2D eigenvalue weighted by molar-refractivity contribution is 5.78. The number of methoxy groups -OCH3 is 1. The lowest BCUT2D eigenvalue weighted by atomic mass is 10.1. The molecule has 1 saturated heterocycles. The maximum Gasteiger partial charge on any atom is 0.220 e. The van der Waals surface area contributed by atoms with Gasteiger partial charge < -0.3 is 15.4 Å². The number of hydrogen-bond acceptors (Lipinski definition) is 3. The van der Waals surface area contributed by atoms with Crippen LogP contribution in [0.25, 0.3) is 0 Å². The summed E-state index contributed by atoms with van der Waals surface area (Å²) in [6.07, 6.45) is 1.57. The number of carbonyl (C=O) groups excluding carboxylic acids is 1. The minimum absolute atomic E-state index is 0.159. The van der Waals surface area contributed by atoms with Crippen LogP contribution in [0.2, 0.25) is 0 Å². The maximum absolute atomic E-state index is 11.1. The molecule has 2 N–H and O–H groups in total. The van der Waals surface area contributed by atoms with E-state index < -0.39 is 0 Å². The van der Waals surface area contributed by atoms with E-state index in [1.807, 2.05) is 18.2 Å². The van der Waals surface area contributed by atoms with Crippen molar-refractivity contribution < 1.29 is 9.53 Å². The molecule has 1 amide bonds. The van der Waals surface area contributed by atoms with Gasteiger partial charge in [-0.05, 0) is 19.4 Å². The van der Waals surface area contributed by atoms with Crippen molar-refractivity contribution in [3.8, 4) is 5.75 Å². The molecule has 0 aromatic heterocycles. The van der Waals surface area contributed by atoms with E-state index in [-0.39, 0.29) is 18.0 Å². The van der Waals surface area contributed by atoms with Crippen molar-refractivity contribution in [2.45, 2.75) is 31.8 Å². The van der Waals surface area contributed by atoms with E-state index in [1.165, 1.54) is 0 Å². The SMILES string of the molecule is COc1ccccc1[C@@H](C)NCC1CCC(=O)N1. The first-order valence-electron chi connectivity index (χ1n) is 6.36. The third-order valence-electron chi connectivity index (χ3n) is 3.36. The van der Waals surface area contributed by atoms with E-state index in [1.54, 1.807) is 7.11 Å². The van der Waals surface area contributed by atoms with Crippen LogP contribution in [0.4, 0.5) is 0 Å². The molecular formula is C14H20N2O2. The van der Waals surface area contributed by atoms with Crippen LogP contribution >= 0.6 is 0 Å². The molecule has 1 unspecified atom stereocenters. The molecular weight excluding hydrogens is 228 g/mol. The van der Waals surface area contributed by atoms with Crippen molar-refractivity contribution in [1.82, 2.24) is 10.6 Å². The maximum atomic E-state index is 11.1. The molecule has 2 atom stereocenters. The first kappa shape index (κ1) is 12.9. The lowest BCUT2D eigenvalue weighted by Crippen LogP contribution is -2.36. The van der Waals surface area contributed by atoms with Crippen LogP contribution in [-0.4, -0.2) is 25.6 Å². The Morgan fingerprint density at radius 1 is 1.50 bits per heavy atom. The summed E-state index contributed by atoms with van der Waals surface area (Å²) in [6.45, 7) is 2.90. The van der Waals surface area contributed by atoms with Gasteiger partial charge in [0.15, 0.2) is 0 Å². The summed E-state index contributed by atoms with van der Waals surface area (Å²) in [5.74, 6) is 1.06. The molecule has 2 rings (SSSR count). The summed E-state index contributed by atoms with van der Waals surface area (Å²) in [7, 11) is 1.68. The number of amides is 1. The largest absolute Gasteiger partial charge is 0.496 e. The second kappa shape index (κ2) is 5.87. The van der Waals surface area contributed by atoms with E-state index >= 15 is 0 Å². The molecule has 1 aromatic rings. The van der Waals surface area contributed by atoms with E-state index in [4.69, 9.17) is 4.74 Å². The first-order valence-corrected chi connectivity index (χ1v) is 6.36. The minimum Gasteiger partial charge on any atom is -0.496 e. The lowest BCUT2D eigenvalue weighted by Gasteiger charge is -2.19. The summed E-state index contributed by atoms with van der Waals surface area (Å²) >= 11 is 0. The smallest absolute Gasteiger partial charge is 0.220 e. The number of nitrogens with one attached hydrogen (secondary N) is 2. The monoisotopic (exact) mass is 248 g/mol. The number of ether oxygens (including phenoxy) is 1. The van der Waals surface area contributed by atoms with E-state index in [9.17, 15) is 4.79 Å². The molecule has 1 heterocycles. The molecule has 4 nitrogen and oxygen atoms in total. The fraction of sp³-hybridized carbons (Fsp3) is 0.500. The molecule has 1 aliphatic heterocycles. The summed E-state index contributed by atoms with van der Waals surface area (Å²) in [5.41, 5.74) is 1.14. The van der Waals surface area contributed by atoms with Crippen LogP contribution in [0.15, 0.2) is 24.3 Å². The van der Waals surface area contributed by atoms with E-state index in [0.29, 0.717) is 6.42 Å². The first-order chi connectivity index (χ1) is 8.70. The van der Waals surface area contributed by atoms with Crippen molar-refractivity contribution in [3.05, 3.63) is 29.8 Å². The Kier molecular flexibility index (Phi) is 4.20. The van der Waals surface area contributed by atoms with Gasteiger partial charge in [0.2, 0.25) is 5.91 Å². The number of benzene rings is 1. The Balaban J connectivity index is 1.91. The molecule has 18 heavy (non-hydrogen) atoms. The average molecular weight is 248 g/mol. The second-order valence-corrected chi connectivity index (χ2v) is 4.67. The summed E-state index contributed by atoms with van der Waals surface area (Å²) in [6, 6.07) is 8.46. The number of para-hydroxylation sites is 1. The van der Waals surface area contributed by atoms with Gasteiger partial charge in [0, 0.05) is 30.6 Å².